The summed E-state index contributed by atoms with van der Waals surface area (Å²) in [7, 11) is 0. The third kappa shape index (κ3) is 3.95. The smallest absolute Gasteiger partial charge is 0.248 e. The van der Waals surface area contributed by atoms with Crippen LogP contribution in [0.15, 0.2) is 42.6 Å². The van der Waals surface area contributed by atoms with Crippen LogP contribution in [0.25, 0.3) is 0 Å². The summed E-state index contributed by atoms with van der Waals surface area (Å²) in [5.74, 6) is 0.223. The number of halogens is 1. The number of pyridine rings is 1. The SMILES string of the molecule is NC(=O)c1ccnc(N2CC[C@]3(CCCN(Cc4ccc(F)cc4)C3)C2)c1. The minimum atomic E-state index is -0.421. The van der Waals surface area contributed by atoms with E-state index in [-0.39, 0.29) is 11.2 Å². The highest BCUT2D eigenvalue weighted by Gasteiger charge is 2.41. The molecule has 1 spiro atoms. The molecule has 2 fully saturated rings. The molecule has 0 aliphatic carbocycles. The Morgan fingerprint density at radius 2 is 1.96 bits per heavy atom. The predicted octanol–water partition coefficient (Wildman–Crippen LogP) is 2.81. The highest BCUT2D eigenvalue weighted by molar-refractivity contribution is 5.93. The van der Waals surface area contributed by atoms with Gasteiger partial charge in [0, 0.05) is 43.4 Å². The van der Waals surface area contributed by atoms with E-state index in [1.807, 2.05) is 12.1 Å². The number of hydrogen-bond donors (Lipinski definition) is 1. The first kappa shape index (κ1) is 17.9. The molecule has 2 saturated heterocycles. The zero-order chi connectivity index (χ0) is 18.9. The van der Waals surface area contributed by atoms with E-state index in [1.54, 1.807) is 18.3 Å². The highest BCUT2D eigenvalue weighted by atomic mass is 19.1. The summed E-state index contributed by atoms with van der Waals surface area (Å²) in [6, 6.07) is 10.3. The minimum absolute atomic E-state index is 0.189. The van der Waals surface area contributed by atoms with Gasteiger partial charge in [-0.1, -0.05) is 12.1 Å². The number of rotatable bonds is 4. The van der Waals surface area contributed by atoms with Gasteiger partial charge in [0.1, 0.15) is 11.6 Å². The molecular formula is C21H25FN4O. The van der Waals surface area contributed by atoms with Crippen molar-refractivity contribution in [3.8, 4) is 0 Å². The van der Waals surface area contributed by atoms with E-state index in [0.717, 1.165) is 50.5 Å². The third-order valence-corrected chi connectivity index (χ3v) is 5.85. The van der Waals surface area contributed by atoms with Gasteiger partial charge in [-0.2, -0.15) is 0 Å². The number of carbonyl (C=O) groups is 1. The molecule has 1 aromatic carbocycles. The summed E-state index contributed by atoms with van der Waals surface area (Å²) in [6.07, 6.45) is 5.15. The summed E-state index contributed by atoms with van der Waals surface area (Å²) >= 11 is 0. The molecule has 1 amide bonds. The number of anilines is 1. The number of nitrogens with two attached hydrogens (primary N) is 1. The van der Waals surface area contributed by atoms with Crippen LogP contribution in [-0.2, 0) is 6.54 Å². The fourth-order valence-corrected chi connectivity index (χ4v) is 4.50. The van der Waals surface area contributed by atoms with Gasteiger partial charge >= 0.3 is 0 Å². The molecule has 1 atom stereocenters. The average Bonchev–Trinajstić information content (AvgIpc) is 3.07. The van der Waals surface area contributed by atoms with E-state index in [0.29, 0.717) is 5.56 Å². The van der Waals surface area contributed by atoms with Crippen LogP contribution < -0.4 is 10.6 Å². The number of primary amides is 1. The Morgan fingerprint density at radius 3 is 2.74 bits per heavy atom. The number of likely N-dealkylation sites (tertiary alicyclic amines) is 1. The Bertz CT molecular complexity index is 825. The van der Waals surface area contributed by atoms with Gasteiger partial charge in [-0.15, -0.1) is 0 Å². The van der Waals surface area contributed by atoms with E-state index in [1.165, 1.54) is 25.0 Å². The molecule has 1 aromatic heterocycles. The first-order chi connectivity index (χ1) is 13.0. The molecule has 27 heavy (non-hydrogen) atoms. The van der Waals surface area contributed by atoms with Crippen molar-refractivity contribution in [3.63, 3.8) is 0 Å². The number of hydrogen-bond acceptors (Lipinski definition) is 4. The predicted molar refractivity (Wildman–Crippen MR) is 103 cm³/mol. The molecule has 0 unspecified atom stereocenters. The van der Waals surface area contributed by atoms with Crippen LogP contribution in [0.4, 0.5) is 10.2 Å². The van der Waals surface area contributed by atoms with E-state index < -0.39 is 5.91 Å². The first-order valence-electron chi connectivity index (χ1n) is 9.51. The molecular weight excluding hydrogens is 343 g/mol. The van der Waals surface area contributed by atoms with Crippen molar-refractivity contribution >= 4 is 11.7 Å². The molecule has 142 valence electrons. The van der Waals surface area contributed by atoms with Crippen LogP contribution in [-0.4, -0.2) is 42.0 Å². The standard InChI is InChI=1S/C21H25FN4O/c22-18-4-2-16(3-5-18)13-25-10-1-7-21(14-25)8-11-26(15-21)19-12-17(20(23)27)6-9-24-19/h2-6,9,12H,1,7-8,10-11,13-15H2,(H2,23,27)/t21-/m0/s1. The Labute approximate surface area is 159 Å². The van der Waals surface area contributed by atoms with Gasteiger partial charge in [0.15, 0.2) is 0 Å². The summed E-state index contributed by atoms with van der Waals surface area (Å²) in [4.78, 5) is 20.6. The van der Waals surface area contributed by atoms with Crippen molar-refractivity contribution in [3.05, 3.63) is 59.5 Å². The average molecular weight is 368 g/mol. The third-order valence-electron chi connectivity index (χ3n) is 5.85. The molecule has 6 heteroatoms. The first-order valence-corrected chi connectivity index (χ1v) is 9.51. The van der Waals surface area contributed by atoms with Crippen molar-refractivity contribution in [1.29, 1.82) is 0 Å². The van der Waals surface area contributed by atoms with Crippen molar-refractivity contribution in [2.24, 2.45) is 11.1 Å². The number of carbonyl (C=O) groups excluding carboxylic acids is 1. The van der Waals surface area contributed by atoms with Gasteiger partial charge in [0.05, 0.1) is 0 Å². The molecule has 2 aromatic rings. The van der Waals surface area contributed by atoms with E-state index >= 15 is 0 Å². The fourth-order valence-electron chi connectivity index (χ4n) is 4.50. The van der Waals surface area contributed by atoms with Crippen molar-refractivity contribution < 1.29 is 9.18 Å². The van der Waals surface area contributed by atoms with Crippen LogP contribution in [0, 0.1) is 11.2 Å². The van der Waals surface area contributed by atoms with Crippen LogP contribution in [0.3, 0.4) is 0 Å². The molecule has 0 saturated carbocycles. The van der Waals surface area contributed by atoms with E-state index in [9.17, 15) is 9.18 Å². The van der Waals surface area contributed by atoms with Gasteiger partial charge in [0.2, 0.25) is 5.91 Å². The lowest BCUT2D eigenvalue weighted by molar-refractivity contribution is 0.0991. The van der Waals surface area contributed by atoms with Gasteiger partial charge in [-0.3, -0.25) is 9.69 Å². The summed E-state index contributed by atoms with van der Waals surface area (Å²) in [5.41, 5.74) is 7.31. The van der Waals surface area contributed by atoms with Gasteiger partial charge < -0.3 is 10.6 Å². The van der Waals surface area contributed by atoms with Crippen LogP contribution in [0.1, 0.15) is 35.2 Å². The van der Waals surface area contributed by atoms with Gasteiger partial charge in [-0.05, 0) is 55.6 Å². The van der Waals surface area contributed by atoms with Crippen molar-refractivity contribution in [1.82, 2.24) is 9.88 Å². The number of amides is 1. The minimum Gasteiger partial charge on any atom is -0.366 e. The maximum absolute atomic E-state index is 13.1. The number of benzene rings is 1. The number of piperidine rings is 1. The van der Waals surface area contributed by atoms with Gasteiger partial charge in [0.25, 0.3) is 0 Å². The van der Waals surface area contributed by atoms with Crippen molar-refractivity contribution in [2.45, 2.75) is 25.8 Å². The zero-order valence-electron chi connectivity index (χ0n) is 15.4. The second-order valence-corrected chi connectivity index (χ2v) is 7.88. The van der Waals surface area contributed by atoms with Crippen LogP contribution in [0.5, 0.6) is 0 Å². The maximum Gasteiger partial charge on any atom is 0.248 e. The maximum atomic E-state index is 13.1. The molecule has 0 bridgehead atoms. The molecule has 0 radical (unpaired) electrons. The second kappa shape index (κ2) is 7.27. The van der Waals surface area contributed by atoms with Crippen molar-refractivity contribution in [2.75, 3.05) is 31.1 Å². The molecule has 5 nitrogen and oxygen atoms in total. The normalized spacial score (nSPS) is 23.1. The summed E-state index contributed by atoms with van der Waals surface area (Å²) in [5, 5.41) is 0. The molecule has 2 aliphatic heterocycles. The highest BCUT2D eigenvalue weighted by Crippen LogP contribution is 2.40. The Hall–Kier alpha value is -2.47. The Morgan fingerprint density at radius 1 is 1.15 bits per heavy atom. The summed E-state index contributed by atoms with van der Waals surface area (Å²) in [6.45, 7) is 4.87. The number of nitrogens with zero attached hydrogens (tertiary/aromatic N) is 3. The van der Waals surface area contributed by atoms with Crippen LogP contribution >= 0.6 is 0 Å². The zero-order valence-corrected chi connectivity index (χ0v) is 15.4. The lowest BCUT2D eigenvalue weighted by Gasteiger charge is -2.40. The topological polar surface area (TPSA) is 62.5 Å². The number of aromatic nitrogens is 1. The molecule has 4 rings (SSSR count). The lowest BCUT2D eigenvalue weighted by Crippen LogP contribution is -2.44. The van der Waals surface area contributed by atoms with E-state index in [4.69, 9.17) is 5.73 Å². The summed E-state index contributed by atoms with van der Waals surface area (Å²) < 4.78 is 13.1. The monoisotopic (exact) mass is 368 g/mol. The molecule has 2 N–H and O–H groups in total. The van der Waals surface area contributed by atoms with Gasteiger partial charge in [-0.25, -0.2) is 9.37 Å². The Balaban J connectivity index is 1.44. The quantitative estimate of drug-likeness (QED) is 0.901. The molecule has 2 aliphatic rings. The fraction of sp³-hybridized carbons (Fsp3) is 0.429. The molecule has 3 heterocycles. The van der Waals surface area contributed by atoms with E-state index in [2.05, 4.69) is 14.8 Å². The lowest BCUT2D eigenvalue weighted by atomic mass is 9.79. The Kier molecular flexibility index (Phi) is 4.83. The second-order valence-electron chi connectivity index (χ2n) is 7.88. The van der Waals surface area contributed by atoms with Crippen LogP contribution in [0.2, 0.25) is 0 Å². The largest absolute Gasteiger partial charge is 0.366 e.